The number of hydrogen-bond donors (Lipinski definition) is 1. The zero-order valence-corrected chi connectivity index (χ0v) is 15.5. The SMILES string of the molecule is Cc1cc(C)n(-c2ccc(=O)n(CC(=O)Nc3cc([N+](=O)[O-])ccc3C)n2)n1. The number of nitro benzene ring substituents is 1. The molecular weight excluding hydrogens is 364 g/mol. The van der Waals surface area contributed by atoms with Crippen LogP contribution in [0.15, 0.2) is 41.2 Å². The highest BCUT2D eigenvalue weighted by Crippen LogP contribution is 2.21. The van der Waals surface area contributed by atoms with Crippen LogP contribution in [0.5, 0.6) is 0 Å². The Balaban J connectivity index is 1.84. The van der Waals surface area contributed by atoms with E-state index in [2.05, 4.69) is 15.5 Å². The minimum atomic E-state index is -0.543. The number of nitro groups is 1. The molecule has 0 fully saturated rings. The Morgan fingerprint density at radius 1 is 1.14 bits per heavy atom. The quantitative estimate of drug-likeness (QED) is 0.531. The number of nitrogens with one attached hydrogen (secondary N) is 1. The van der Waals surface area contributed by atoms with Crippen molar-refractivity contribution < 1.29 is 9.72 Å². The lowest BCUT2D eigenvalue weighted by atomic mass is 10.2. The third kappa shape index (κ3) is 3.95. The molecule has 2 aromatic heterocycles. The van der Waals surface area contributed by atoms with Crippen LogP contribution in [0.4, 0.5) is 11.4 Å². The summed E-state index contributed by atoms with van der Waals surface area (Å²) in [4.78, 5) is 34.8. The summed E-state index contributed by atoms with van der Waals surface area (Å²) >= 11 is 0. The van der Waals surface area contributed by atoms with Crippen molar-refractivity contribution in [3.63, 3.8) is 0 Å². The third-order valence-corrected chi connectivity index (χ3v) is 4.08. The highest BCUT2D eigenvalue weighted by molar-refractivity contribution is 5.91. The van der Waals surface area contributed by atoms with Gasteiger partial charge in [-0.05, 0) is 38.5 Å². The molecule has 10 heteroatoms. The average molecular weight is 382 g/mol. The summed E-state index contributed by atoms with van der Waals surface area (Å²) in [6.07, 6.45) is 0. The largest absolute Gasteiger partial charge is 0.324 e. The van der Waals surface area contributed by atoms with E-state index < -0.39 is 16.4 Å². The normalized spacial score (nSPS) is 10.7. The average Bonchev–Trinajstić information content (AvgIpc) is 2.97. The predicted molar refractivity (Wildman–Crippen MR) is 102 cm³/mol. The first-order valence-corrected chi connectivity index (χ1v) is 8.41. The van der Waals surface area contributed by atoms with Gasteiger partial charge in [-0.2, -0.15) is 5.10 Å². The zero-order chi connectivity index (χ0) is 20.4. The van der Waals surface area contributed by atoms with Gasteiger partial charge in [0.1, 0.15) is 6.54 Å². The van der Waals surface area contributed by atoms with Crippen LogP contribution in [0, 0.1) is 30.9 Å². The number of anilines is 1. The van der Waals surface area contributed by atoms with Crippen LogP contribution in [0.25, 0.3) is 5.82 Å². The number of amides is 1. The molecule has 0 aliphatic rings. The third-order valence-electron chi connectivity index (χ3n) is 4.08. The molecule has 0 unspecified atom stereocenters. The van der Waals surface area contributed by atoms with Gasteiger partial charge < -0.3 is 5.32 Å². The maximum atomic E-state index is 12.4. The lowest BCUT2D eigenvalue weighted by molar-refractivity contribution is -0.384. The standard InChI is InChI=1S/C18H18N6O4/c1-11-4-5-14(24(27)28)9-15(11)19-17(25)10-22-18(26)7-6-16(21-22)23-13(3)8-12(2)20-23/h4-9H,10H2,1-3H3,(H,19,25). The Labute approximate surface area is 159 Å². The number of non-ortho nitro benzene ring substituents is 1. The lowest BCUT2D eigenvalue weighted by Crippen LogP contribution is -2.30. The number of hydrogen-bond acceptors (Lipinski definition) is 6. The predicted octanol–water partition coefficient (Wildman–Crippen LogP) is 1.90. The van der Waals surface area contributed by atoms with Crippen LogP contribution < -0.4 is 10.9 Å². The summed E-state index contributed by atoms with van der Waals surface area (Å²) in [7, 11) is 0. The first kappa shape index (κ1) is 19.0. The highest BCUT2D eigenvalue weighted by Gasteiger charge is 2.13. The van der Waals surface area contributed by atoms with Gasteiger partial charge in [-0.3, -0.25) is 19.7 Å². The van der Waals surface area contributed by atoms with Crippen molar-refractivity contribution in [3.8, 4) is 5.82 Å². The van der Waals surface area contributed by atoms with Crippen molar-refractivity contribution in [3.05, 3.63) is 73.8 Å². The molecule has 0 atom stereocenters. The summed E-state index contributed by atoms with van der Waals surface area (Å²) in [6.45, 7) is 5.07. The molecule has 0 aliphatic carbocycles. The molecule has 1 amide bonds. The summed E-state index contributed by atoms with van der Waals surface area (Å²) in [5, 5.41) is 22.0. The fourth-order valence-corrected chi connectivity index (χ4v) is 2.71. The smallest absolute Gasteiger partial charge is 0.271 e. The van der Waals surface area contributed by atoms with E-state index in [1.807, 2.05) is 19.9 Å². The Bertz CT molecular complexity index is 1130. The van der Waals surface area contributed by atoms with Crippen LogP contribution in [0.3, 0.4) is 0 Å². The molecule has 0 spiro atoms. The topological polar surface area (TPSA) is 125 Å². The van der Waals surface area contributed by atoms with Crippen molar-refractivity contribution in [2.75, 3.05) is 5.32 Å². The van der Waals surface area contributed by atoms with Crippen LogP contribution in [0.1, 0.15) is 17.0 Å². The molecule has 0 saturated carbocycles. The van der Waals surface area contributed by atoms with Crippen LogP contribution in [0.2, 0.25) is 0 Å². The van der Waals surface area contributed by atoms with Gasteiger partial charge in [-0.15, -0.1) is 5.10 Å². The first-order chi connectivity index (χ1) is 13.2. The van der Waals surface area contributed by atoms with Crippen LogP contribution >= 0.6 is 0 Å². The number of nitrogens with zero attached hydrogens (tertiary/aromatic N) is 5. The Hall–Kier alpha value is -3.82. The van der Waals surface area contributed by atoms with Gasteiger partial charge in [-0.25, -0.2) is 9.36 Å². The molecule has 0 aliphatic heterocycles. The number of aryl methyl sites for hydroxylation is 3. The second kappa shape index (κ2) is 7.43. The van der Waals surface area contributed by atoms with Crippen LogP contribution in [-0.2, 0) is 11.3 Å². The maximum Gasteiger partial charge on any atom is 0.271 e. The number of rotatable bonds is 5. The fraction of sp³-hybridized carbons (Fsp3) is 0.222. The van der Waals surface area contributed by atoms with Crippen molar-refractivity contribution in [1.29, 1.82) is 0 Å². The van der Waals surface area contributed by atoms with Crippen LogP contribution in [-0.4, -0.2) is 30.4 Å². The van der Waals surface area contributed by atoms with Crippen molar-refractivity contribution in [2.45, 2.75) is 27.3 Å². The number of carbonyl (C=O) groups is 1. The Kier molecular flexibility index (Phi) is 5.03. The summed E-state index contributed by atoms with van der Waals surface area (Å²) in [5.41, 5.74) is 2.03. The number of benzene rings is 1. The Morgan fingerprint density at radius 3 is 2.54 bits per heavy atom. The molecule has 0 bridgehead atoms. The summed E-state index contributed by atoms with van der Waals surface area (Å²) in [6, 6.07) is 8.88. The molecule has 0 radical (unpaired) electrons. The fourth-order valence-electron chi connectivity index (χ4n) is 2.71. The molecule has 3 rings (SSSR count). The van der Waals surface area contributed by atoms with E-state index in [4.69, 9.17) is 0 Å². The second-order valence-corrected chi connectivity index (χ2v) is 6.33. The minimum Gasteiger partial charge on any atom is -0.324 e. The summed E-state index contributed by atoms with van der Waals surface area (Å²) < 4.78 is 2.60. The van der Waals surface area contributed by atoms with E-state index in [0.717, 1.165) is 16.1 Å². The molecule has 10 nitrogen and oxygen atoms in total. The van der Waals surface area contributed by atoms with Gasteiger partial charge in [0.2, 0.25) is 5.91 Å². The number of aromatic nitrogens is 4. The molecule has 2 heterocycles. The van der Waals surface area contributed by atoms with E-state index >= 15 is 0 Å². The molecule has 1 aromatic carbocycles. The monoisotopic (exact) mass is 382 g/mol. The zero-order valence-electron chi connectivity index (χ0n) is 15.5. The molecule has 1 N–H and O–H groups in total. The molecule has 144 valence electrons. The molecule has 28 heavy (non-hydrogen) atoms. The van der Waals surface area contributed by atoms with Gasteiger partial charge in [0.05, 0.1) is 16.3 Å². The van der Waals surface area contributed by atoms with E-state index in [-0.39, 0.29) is 12.2 Å². The highest BCUT2D eigenvalue weighted by atomic mass is 16.6. The van der Waals surface area contributed by atoms with Gasteiger partial charge in [-0.1, -0.05) is 6.07 Å². The number of carbonyl (C=O) groups excluding carboxylic acids is 1. The first-order valence-electron chi connectivity index (χ1n) is 8.41. The van der Waals surface area contributed by atoms with Crippen molar-refractivity contribution >= 4 is 17.3 Å². The van der Waals surface area contributed by atoms with E-state index in [1.165, 1.54) is 24.3 Å². The van der Waals surface area contributed by atoms with Gasteiger partial charge in [0.15, 0.2) is 5.82 Å². The van der Waals surface area contributed by atoms with Gasteiger partial charge in [0.25, 0.3) is 11.2 Å². The van der Waals surface area contributed by atoms with Crippen molar-refractivity contribution in [2.24, 2.45) is 0 Å². The van der Waals surface area contributed by atoms with Gasteiger partial charge in [0, 0.05) is 23.9 Å². The molecule has 0 saturated heterocycles. The molecule has 3 aromatic rings. The minimum absolute atomic E-state index is 0.136. The summed E-state index contributed by atoms with van der Waals surface area (Å²) in [5.74, 6) is -0.117. The Morgan fingerprint density at radius 2 is 1.89 bits per heavy atom. The van der Waals surface area contributed by atoms with E-state index in [0.29, 0.717) is 17.1 Å². The van der Waals surface area contributed by atoms with Crippen molar-refractivity contribution in [1.82, 2.24) is 19.6 Å². The van der Waals surface area contributed by atoms with E-state index in [9.17, 15) is 19.7 Å². The van der Waals surface area contributed by atoms with Gasteiger partial charge >= 0.3 is 0 Å². The maximum absolute atomic E-state index is 12.4. The lowest BCUT2D eigenvalue weighted by Gasteiger charge is -2.10. The van der Waals surface area contributed by atoms with E-state index in [1.54, 1.807) is 17.7 Å². The second-order valence-electron chi connectivity index (χ2n) is 6.33. The molecular formula is C18H18N6O4.